The fourth-order valence-corrected chi connectivity index (χ4v) is 4.18. The number of aromatic nitrogens is 3. The lowest BCUT2D eigenvalue weighted by Crippen LogP contribution is -2.28. The van der Waals surface area contributed by atoms with Crippen molar-refractivity contribution in [2.24, 2.45) is 0 Å². The SMILES string of the molecule is CCOc1ccc(C=c2sc3nc(=O)c(Cc4ccccc4Cl)nn3c2=O)cc1OC. The summed E-state index contributed by atoms with van der Waals surface area (Å²) in [5.41, 5.74) is 0.834. The molecule has 0 saturated carbocycles. The van der Waals surface area contributed by atoms with Crippen LogP contribution in [0.3, 0.4) is 0 Å². The number of ether oxygens (including phenoxy) is 2. The molecule has 158 valence electrons. The number of benzene rings is 2. The Morgan fingerprint density at radius 3 is 2.71 bits per heavy atom. The second-order valence-corrected chi connectivity index (χ2v) is 8.00. The van der Waals surface area contributed by atoms with Gasteiger partial charge in [0.1, 0.15) is 5.69 Å². The monoisotopic (exact) mass is 455 g/mol. The molecule has 0 spiro atoms. The van der Waals surface area contributed by atoms with Crippen LogP contribution < -0.4 is 25.1 Å². The van der Waals surface area contributed by atoms with Crippen molar-refractivity contribution in [3.8, 4) is 11.5 Å². The van der Waals surface area contributed by atoms with E-state index in [9.17, 15) is 9.59 Å². The number of halogens is 1. The van der Waals surface area contributed by atoms with Crippen LogP contribution in [0, 0.1) is 0 Å². The Bertz CT molecular complexity index is 1430. The first-order chi connectivity index (χ1) is 15.0. The Balaban J connectivity index is 1.77. The largest absolute Gasteiger partial charge is 0.493 e. The van der Waals surface area contributed by atoms with Gasteiger partial charge in [-0.3, -0.25) is 9.59 Å². The molecule has 0 atom stereocenters. The highest BCUT2D eigenvalue weighted by molar-refractivity contribution is 7.15. The first-order valence-electron chi connectivity index (χ1n) is 9.49. The van der Waals surface area contributed by atoms with E-state index in [2.05, 4.69) is 10.1 Å². The average molecular weight is 456 g/mol. The normalized spacial score (nSPS) is 11.8. The van der Waals surface area contributed by atoms with Crippen molar-refractivity contribution < 1.29 is 9.47 Å². The van der Waals surface area contributed by atoms with Gasteiger partial charge in [-0.15, -0.1) is 0 Å². The Morgan fingerprint density at radius 2 is 1.97 bits per heavy atom. The van der Waals surface area contributed by atoms with Gasteiger partial charge < -0.3 is 9.47 Å². The highest BCUT2D eigenvalue weighted by atomic mass is 35.5. The van der Waals surface area contributed by atoms with Crippen molar-refractivity contribution in [1.29, 1.82) is 0 Å². The Morgan fingerprint density at radius 1 is 1.16 bits per heavy atom. The second-order valence-electron chi connectivity index (χ2n) is 6.59. The van der Waals surface area contributed by atoms with Gasteiger partial charge in [-0.05, 0) is 42.3 Å². The molecule has 0 aliphatic heterocycles. The zero-order chi connectivity index (χ0) is 22.0. The van der Waals surface area contributed by atoms with Crippen molar-refractivity contribution in [1.82, 2.24) is 14.6 Å². The predicted molar refractivity (Wildman–Crippen MR) is 121 cm³/mol. The van der Waals surface area contributed by atoms with Crippen LogP contribution in [0.2, 0.25) is 5.02 Å². The van der Waals surface area contributed by atoms with E-state index in [0.717, 1.165) is 27.0 Å². The van der Waals surface area contributed by atoms with E-state index in [1.165, 1.54) is 0 Å². The molecule has 0 saturated heterocycles. The molecule has 2 aromatic carbocycles. The number of methoxy groups -OCH3 is 1. The summed E-state index contributed by atoms with van der Waals surface area (Å²) in [5.74, 6) is 1.19. The standard InChI is InChI=1S/C22H18ClN3O4S/c1-3-30-17-9-8-13(10-18(17)29-2)11-19-21(28)26-22(31-19)24-20(27)16(25-26)12-14-6-4-5-7-15(14)23/h4-11H,3,12H2,1-2H3. The molecule has 2 aromatic heterocycles. The fraction of sp³-hybridized carbons (Fsp3) is 0.182. The van der Waals surface area contributed by atoms with Gasteiger partial charge in [0.15, 0.2) is 11.5 Å². The smallest absolute Gasteiger partial charge is 0.296 e. The van der Waals surface area contributed by atoms with Crippen LogP contribution in [-0.4, -0.2) is 28.3 Å². The molecule has 0 amide bonds. The minimum Gasteiger partial charge on any atom is -0.493 e. The van der Waals surface area contributed by atoms with Crippen molar-refractivity contribution >= 4 is 34.0 Å². The van der Waals surface area contributed by atoms with E-state index in [0.29, 0.717) is 27.7 Å². The van der Waals surface area contributed by atoms with Gasteiger partial charge >= 0.3 is 0 Å². The molecule has 0 unspecified atom stereocenters. The van der Waals surface area contributed by atoms with Gasteiger partial charge in [0.05, 0.1) is 18.2 Å². The van der Waals surface area contributed by atoms with Crippen molar-refractivity contribution in [2.75, 3.05) is 13.7 Å². The van der Waals surface area contributed by atoms with Gasteiger partial charge in [0, 0.05) is 11.4 Å². The van der Waals surface area contributed by atoms with Crippen molar-refractivity contribution in [3.63, 3.8) is 0 Å². The second kappa shape index (κ2) is 8.87. The third-order valence-electron chi connectivity index (χ3n) is 4.55. The van der Waals surface area contributed by atoms with Gasteiger partial charge in [-0.1, -0.05) is 47.2 Å². The number of nitrogens with zero attached hydrogens (tertiary/aromatic N) is 3. The molecular weight excluding hydrogens is 438 g/mol. The molecule has 4 rings (SSSR count). The minimum absolute atomic E-state index is 0.162. The minimum atomic E-state index is -0.476. The van der Waals surface area contributed by atoms with Crippen LogP contribution in [0.1, 0.15) is 23.7 Å². The first kappa shape index (κ1) is 21.0. The van der Waals surface area contributed by atoms with Gasteiger partial charge in [0.2, 0.25) is 4.96 Å². The molecule has 0 fully saturated rings. The summed E-state index contributed by atoms with van der Waals surface area (Å²) in [5, 5.41) is 4.79. The third-order valence-corrected chi connectivity index (χ3v) is 5.88. The van der Waals surface area contributed by atoms with Crippen LogP contribution in [0.4, 0.5) is 0 Å². The summed E-state index contributed by atoms with van der Waals surface area (Å²) < 4.78 is 12.4. The van der Waals surface area contributed by atoms with Gasteiger partial charge in [0.25, 0.3) is 11.1 Å². The zero-order valence-corrected chi connectivity index (χ0v) is 18.4. The van der Waals surface area contributed by atoms with Crippen LogP contribution in [0.15, 0.2) is 52.1 Å². The molecular formula is C22H18ClN3O4S. The highest BCUT2D eigenvalue weighted by Gasteiger charge is 2.13. The maximum atomic E-state index is 12.9. The van der Waals surface area contributed by atoms with E-state index in [-0.39, 0.29) is 22.6 Å². The molecule has 2 heterocycles. The maximum absolute atomic E-state index is 12.9. The maximum Gasteiger partial charge on any atom is 0.296 e. The Labute approximate surface area is 186 Å². The van der Waals surface area contributed by atoms with Crippen LogP contribution in [-0.2, 0) is 6.42 Å². The molecule has 7 nitrogen and oxygen atoms in total. The molecule has 9 heteroatoms. The van der Waals surface area contributed by atoms with E-state index in [1.54, 1.807) is 37.5 Å². The molecule has 0 aliphatic rings. The van der Waals surface area contributed by atoms with Crippen LogP contribution in [0.25, 0.3) is 11.0 Å². The molecule has 0 aliphatic carbocycles. The molecule has 4 aromatic rings. The lowest BCUT2D eigenvalue weighted by Gasteiger charge is -2.09. The summed E-state index contributed by atoms with van der Waals surface area (Å²) in [6, 6.07) is 12.6. The quantitative estimate of drug-likeness (QED) is 0.444. The van der Waals surface area contributed by atoms with Crippen molar-refractivity contribution in [3.05, 3.63) is 89.5 Å². The van der Waals surface area contributed by atoms with E-state index in [4.69, 9.17) is 21.1 Å². The topological polar surface area (TPSA) is 82.8 Å². The number of fused-ring (bicyclic) bond motifs is 1. The molecule has 0 radical (unpaired) electrons. The summed E-state index contributed by atoms with van der Waals surface area (Å²) in [7, 11) is 1.56. The van der Waals surface area contributed by atoms with Crippen LogP contribution in [0.5, 0.6) is 11.5 Å². The Hall–Kier alpha value is -3.23. The third kappa shape index (κ3) is 4.30. The van der Waals surface area contributed by atoms with Crippen molar-refractivity contribution in [2.45, 2.75) is 13.3 Å². The molecule has 0 bridgehead atoms. The number of thiazole rings is 1. The fourth-order valence-electron chi connectivity index (χ4n) is 3.07. The van der Waals surface area contributed by atoms with E-state index >= 15 is 0 Å². The summed E-state index contributed by atoms with van der Waals surface area (Å²) in [6.45, 7) is 2.41. The molecule has 31 heavy (non-hydrogen) atoms. The summed E-state index contributed by atoms with van der Waals surface area (Å²) >= 11 is 7.29. The first-order valence-corrected chi connectivity index (χ1v) is 10.7. The van der Waals surface area contributed by atoms with Crippen LogP contribution >= 0.6 is 22.9 Å². The highest BCUT2D eigenvalue weighted by Crippen LogP contribution is 2.28. The lowest BCUT2D eigenvalue weighted by molar-refractivity contribution is 0.311. The average Bonchev–Trinajstić information content (AvgIpc) is 3.05. The van der Waals surface area contributed by atoms with E-state index < -0.39 is 5.56 Å². The van der Waals surface area contributed by atoms with E-state index in [1.807, 2.05) is 25.1 Å². The van der Waals surface area contributed by atoms with Gasteiger partial charge in [-0.2, -0.15) is 14.6 Å². The number of hydrogen-bond donors (Lipinski definition) is 0. The number of rotatable bonds is 6. The molecule has 0 N–H and O–H groups in total. The number of hydrogen-bond acceptors (Lipinski definition) is 7. The zero-order valence-electron chi connectivity index (χ0n) is 16.8. The van der Waals surface area contributed by atoms with Gasteiger partial charge in [-0.25, -0.2) is 0 Å². The lowest BCUT2D eigenvalue weighted by atomic mass is 10.1. The summed E-state index contributed by atoms with van der Waals surface area (Å²) in [4.78, 5) is 29.6. The Kier molecular flexibility index (Phi) is 6.01. The predicted octanol–water partition coefficient (Wildman–Crippen LogP) is 2.71. The summed E-state index contributed by atoms with van der Waals surface area (Å²) in [6.07, 6.45) is 1.90.